The highest BCUT2D eigenvalue weighted by Crippen LogP contribution is 2.09. The van der Waals surface area contributed by atoms with Crippen molar-refractivity contribution in [3.63, 3.8) is 0 Å². The second-order valence-electron chi connectivity index (χ2n) is 6.06. The van der Waals surface area contributed by atoms with Gasteiger partial charge in [-0.2, -0.15) is 0 Å². The van der Waals surface area contributed by atoms with Crippen molar-refractivity contribution in [1.82, 2.24) is 14.3 Å². The molecule has 21 heavy (non-hydrogen) atoms. The lowest BCUT2D eigenvalue weighted by Gasteiger charge is -2.27. The SMILES string of the molecule is CCN(Cc1cc(=O)n2c(C)cccc2n1)CC(C)(C)O. The van der Waals surface area contributed by atoms with Gasteiger partial charge in [-0.05, 0) is 39.4 Å². The molecule has 0 fully saturated rings. The summed E-state index contributed by atoms with van der Waals surface area (Å²) in [6.45, 7) is 9.37. The van der Waals surface area contributed by atoms with E-state index in [0.29, 0.717) is 18.7 Å². The minimum Gasteiger partial charge on any atom is -0.389 e. The van der Waals surface area contributed by atoms with Gasteiger partial charge in [0.1, 0.15) is 5.65 Å². The van der Waals surface area contributed by atoms with Crippen LogP contribution >= 0.6 is 0 Å². The molecule has 0 aromatic carbocycles. The van der Waals surface area contributed by atoms with Gasteiger partial charge < -0.3 is 5.11 Å². The zero-order chi connectivity index (χ0) is 15.6. The molecule has 2 aromatic heterocycles. The number of aryl methyl sites for hydroxylation is 1. The second-order valence-corrected chi connectivity index (χ2v) is 6.06. The first-order valence-corrected chi connectivity index (χ1v) is 7.23. The van der Waals surface area contributed by atoms with E-state index in [2.05, 4.69) is 9.88 Å². The number of aliphatic hydroxyl groups is 1. The van der Waals surface area contributed by atoms with Crippen LogP contribution in [0.2, 0.25) is 0 Å². The van der Waals surface area contributed by atoms with Crippen molar-refractivity contribution in [3.8, 4) is 0 Å². The van der Waals surface area contributed by atoms with Crippen LogP contribution in [0.5, 0.6) is 0 Å². The Kier molecular flexibility index (Phi) is 4.44. The molecule has 0 aliphatic rings. The maximum Gasteiger partial charge on any atom is 0.258 e. The molecule has 0 saturated carbocycles. The van der Waals surface area contributed by atoms with Crippen molar-refractivity contribution in [3.05, 3.63) is 46.0 Å². The average molecular weight is 289 g/mol. The van der Waals surface area contributed by atoms with E-state index in [1.807, 2.05) is 32.0 Å². The van der Waals surface area contributed by atoms with Crippen LogP contribution in [0.1, 0.15) is 32.2 Å². The van der Waals surface area contributed by atoms with Crippen molar-refractivity contribution >= 4 is 5.65 Å². The molecule has 0 aliphatic carbocycles. The van der Waals surface area contributed by atoms with Gasteiger partial charge in [-0.25, -0.2) is 4.98 Å². The molecule has 0 unspecified atom stereocenters. The zero-order valence-electron chi connectivity index (χ0n) is 13.1. The highest BCUT2D eigenvalue weighted by Gasteiger charge is 2.18. The average Bonchev–Trinajstić information content (AvgIpc) is 2.36. The van der Waals surface area contributed by atoms with Crippen LogP contribution in [0.25, 0.3) is 5.65 Å². The molecule has 0 aliphatic heterocycles. The van der Waals surface area contributed by atoms with Gasteiger partial charge in [0, 0.05) is 24.8 Å². The Morgan fingerprint density at radius 3 is 2.71 bits per heavy atom. The number of rotatable bonds is 5. The normalized spacial score (nSPS) is 12.3. The number of likely N-dealkylation sites (N-methyl/N-ethyl adjacent to an activating group) is 1. The zero-order valence-corrected chi connectivity index (χ0v) is 13.1. The summed E-state index contributed by atoms with van der Waals surface area (Å²) in [5.41, 5.74) is 1.44. The van der Waals surface area contributed by atoms with Gasteiger partial charge in [0.25, 0.3) is 5.56 Å². The highest BCUT2D eigenvalue weighted by atomic mass is 16.3. The molecule has 5 nitrogen and oxygen atoms in total. The molecule has 2 heterocycles. The second kappa shape index (κ2) is 5.95. The van der Waals surface area contributed by atoms with E-state index >= 15 is 0 Å². The van der Waals surface area contributed by atoms with Gasteiger partial charge >= 0.3 is 0 Å². The van der Waals surface area contributed by atoms with Gasteiger partial charge in [-0.1, -0.05) is 13.0 Å². The van der Waals surface area contributed by atoms with Crippen molar-refractivity contribution in [2.45, 2.75) is 39.8 Å². The van der Waals surface area contributed by atoms with Crippen molar-refractivity contribution in [1.29, 1.82) is 0 Å². The summed E-state index contributed by atoms with van der Waals surface area (Å²) in [6.07, 6.45) is 0. The largest absolute Gasteiger partial charge is 0.389 e. The van der Waals surface area contributed by atoms with E-state index in [1.54, 1.807) is 24.3 Å². The Hall–Kier alpha value is -1.72. The van der Waals surface area contributed by atoms with Gasteiger partial charge in [0.2, 0.25) is 0 Å². The molecule has 0 amide bonds. The molecular formula is C16H23N3O2. The lowest BCUT2D eigenvalue weighted by molar-refractivity contribution is 0.0350. The van der Waals surface area contributed by atoms with Crippen LogP contribution < -0.4 is 5.56 Å². The van der Waals surface area contributed by atoms with Crippen molar-refractivity contribution < 1.29 is 5.11 Å². The number of aromatic nitrogens is 2. The first-order valence-electron chi connectivity index (χ1n) is 7.23. The van der Waals surface area contributed by atoms with E-state index in [0.717, 1.165) is 17.9 Å². The van der Waals surface area contributed by atoms with Crippen LogP contribution in [0.15, 0.2) is 29.1 Å². The highest BCUT2D eigenvalue weighted by molar-refractivity contribution is 5.40. The standard InChI is InChI=1S/C16H23N3O2/c1-5-18(11-16(3,4)21)10-13-9-15(20)19-12(2)7-6-8-14(19)17-13/h6-9,21H,5,10-11H2,1-4H3. The Morgan fingerprint density at radius 1 is 1.38 bits per heavy atom. The van der Waals surface area contributed by atoms with Crippen LogP contribution in [0.4, 0.5) is 0 Å². The maximum atomic E-state index is 12.2. The number of hydrogen-bond acceptors (Lipinski definition) is 4. The van der Waals surface area contributed by atoms with E-state index in [-0.39, 0.29) is 5.56 Å². The first kappa shape index (κ1) is 15.7. The number of pyridine rings is 1. The summed E-state index contributed by atoms with van der Waals surface area (Å²) < 4.78 is 1.61. The summed E-state index contributed by atoms with van der Waals surface area (Å²) in [4.78, 5) is 18.9. The topological polar surface area (TPSA) is 57.8 Å². The lowest BCUT2D eigenvalue weighted by atomic mass is 10.1. The van der Waals surface area contributed by atoms with Crippen molar-refractivity contribution in [2.24, 2.45) is 0 Å². The molecule has 2 rings (SSSR count). The Morgan fingerprint density at radius 2 is 2.10 bits per heavy atom. The molecule has 2 aromatic rings. The molecule has 0 bridgehead atoms. The summed E-state index contributed by atoms with van der Waals surface area (Å²) in [7, 11) is 0. The van der Waals surface area contributed by atoms with Gasteiger partial charge in [0.05, 0.1) is 11.3 Å². The van der Waals surface area contributed by atoms with Crippen LogP contribution in [-0.4, -0.2) is 38.1 Å². The van der Waals surface area contributed by atoms with E-state index in [9.17, 15) is 9.90 Å². The fraction of sp³-hybridized carbons (Fsp3) is 0.500. The predicted octanol–water partition coefficient (Wildman–Crippen LogP) is 1.60. The summed E-state index contributed by atoms with van der Waals surface area (Å²) in [6, 6.07) is 7.20. The quantitative estimate of drug-likeness (QED) is 0.908. The van der Waals surface area contributed by atoms with Crippen molar-refractivity contribution in [2.75, 3.05) is 13.1 Å². The Bertz CT molecular complexity index is 686. The Labute approximate surface area is 124 Å². The van der Waals surface area contributed by atoms with Crippen LogP contribution in [-0.2, 0) is 6.54 Å². The lowest BCUT2D eigenvalue weighted by Crippen LogP contribution is -2.38. The van der Waals surface area contributed by atoms with Gasteiger partial charge in [-0.15, -0.1) is 0 Å². The third-order valence-corrected chi connectivity index (χ3v) is 3.38. The monoisotopic (exact) mass is 289 g/mol. The van der Waals surface area contributed by atoms with E-state index in [4.69, 9.17) is 0 Å². The molecule has 5 heteroatoms. The molecular weight excluding hydrogens is 266 g/mol. The fourth-order valence-electron chi connectivity index (χ4n) is 2.50. The Balaban J connectivity index is 2.33. The number of nitrogens with zero attached hydrogens (tertiary/aromatic N) is 3. The predicted molar refractivity (Wildman–Crippen MR) is 83.4 cm³/mol. The summed E-state index contributed by atoms with van der Waals surface area (Å²) in [5.74, 6) is 0. The molecule has 114 valence electrons. The third-order valence-electron chi connectivity index (χ3n) is 3.38. The van der Waals surface area contributed by atoms with Crippen LogP contribution in [0, 0.1) is 6.92 Å². The molecule has 0 radical (unpaired) electrons. The van der Waals surface area contributed by atoms with E-state index in [1.165, 1.54) is 0 Å². The maximum absolute atomic E-state index is 12.2. The minimum absolute atomic E-state index is 0.0626. The number of hydrogen-bond donors (Lipinski definition) is 1. The van der Waals surface area contributed by atoms with Crippen LogP contribution in [0.3, 0.4) is 0 Å². The third kappa shape index (κ3) is 3.89. The van der Waals surface area contributed by atoms with E-state index < -0.39 is 5.60 Å². The first-order chi connectivity index (χ1) is 9.80. The number of fused-ring (bicyclic) bond motifs is 1. The summed E-state index contributed by atoms with van der Waals surface area (Å²) in [5, 5.41) is 9.93. The summed E-state index contributed by atoms with van der Waals surface area (Å²) >= 11 is 0. The van der Waals surface area contributed by atoms with Gasteiger partial charge in [0.15, 0.2) is 0 Å². The smallest absolute Gasteiger partial charge is 0.258 e. The molecule has 0 atom stereocenters. The fourth-order valence-corrected chi connectivity index (χ4v) is 2.50. The minimum atomic E-state index is -0.765. The van der Waals surface area contributed by atoms with Gasteiger partial charge in [-0.3, -0.25) is 14.1 Å². The molecule has 0 saturated heterocycles. The molecule has 1 N–H and O–H groups in total. The molecule has 0 spiro atoms.